The van der Waals surface area contributed by atoms with Crippen molar-refractivity contribution in [1.29, 1.82) is 0 Å². The van der Waals surface area contributed by atoms with Gasteiger partial charge in [-0.15, -0.1) is 0 Å². The summed E-state index contributed by atoms with van der Waals surface area (Å²) in [7, 11) is -2.75. The van der Waals surface area contributed by atoms with Crippen molar-refractivity contribution in [2.24, 2.45) is 0 Å². The SMILES string of the molecule is CCc1cccc([Si]Oc2ccc(C(Cl)S(=O)(=O)C=Cc3cc(C(=O)O)c(OC)c(Cl)c3-c3ccccc3O)cc2)c1CC. The highest BCUT2D eigenvalue weighted by atomic mass is 35.5. The number of phenols is 1. The highest BCUT2D eigenvalue weighted by Crippen LogP contribution is 2.44. The van der Waals surface area contributed by atoms with Crippen molar-refractivity contribution in [3.8, 4) is 28.4 Å². The Morgan fingerprint density at radius 3 is 2.34 bits per heavy atom. The number of rotatable bonds is 12. The third kappa shape index (κ3) is 7.13. The maximum absolute atomic E-state index is 13.3. The van der Waals surface area contributed by atoms with E-state index in [0.29, 0.717) is 11.3 Å². The highest BCUT2D eigenvalue weighted by Gasteiger charge is 2.26. The number of hydrogen-bond donors (Lipinski definition) is 2. The van der Waals surface area contributed by atoms with E-state index in [1.165, 1.54) is 36.4 Å². The van der Waals surface area contributed by atoms with Crippen LogP contribution < -0.4 is 14.3 Å². The van der Waals surface area contributed by atoms with Gasteiger partial charge in [0.1, 0.15) is 17.1 Å². The van der Waals surface area contributed by atoms with Crippen molar-refractivity contribution >= 4 is 60.0 Å². The van der Waals surface area contributed by atoms with Gasteiger partial charge in [-0.25, -0.2) is 13.2 Å². The van der Waals surface area contributed by atoms with Gasteiger partial charge >= 0.3 is 15.7 Å². The molecule has 0 heterocycles. The van der Waals surface area contributed by atoms with E-state index in [1.807, 2.05) is 6.07 Å². The first kappa shape index (κ1) is 33.1. The zero-order valence-corrected chi connectivity index (χ0v) is 27.5. The first-order valence-corrected chi connectivity index (χ1v) is 17.0. The molecule has 0 spiro atoms. The fourth-order valence-corrected chi connectivity index (χ4v) is 7.52. The van der Waals surface area contributed by atoms with Crippen LogP contribution in [-0.4, -0.2) is 41.5 Å². The zero-order valence-electron chi connectivity index (χ0n) is 24.2. The number of alkyl halides is 1. The number of aromatic hydroxyl groups is 1. The van der Waals surface area contributed by atoms with Gasteiger partial charge in [0, 0.05) is 16.5 Å². The summed E-state index contributed by atoms with van der Waals surface area (Å²) >= 11 is 13.0. The Labute approximate surface area is 269 Å². The van der Waals surface area contributed by atoms with Crippen molar-refractivity contribution in [1.82, 2.24) is 0 Å². The normalized spacial score (nSPS) is 12.3. The highest BCUT2D eigenvalue weighted by molar-refractivity contribution is 7.95. The number of benzene rings is 4. The molecule has 11 heteroatoms. The molecule has 0 aliphatic heterocycles. The van der Waals surface area contributed by atoms with Gasteiger partial charge in [0.2, 0.25) is 0 Å². The third-order valence-electron chi connectivity index (χ3n) is 7.01. The lowest BCUT2D eigenvalue weighted by Crippen LogP contribution is -2.25. The van der Waals surface area contributed by atoms with E-state index < -0.39 is 20.5 Å². The molecular weight excluding hydrogens is 639 g/mol. The van der Waals surface area contributed by atoms with Gasteiger partial charge in [-0.05, 0) is 70.6 Å². The van der Waals surface area contributed by atoms with Crippen molar-refractivity contribution in [3.05, 3.63) is 111 Å². The third-order valence-corrected chi connectivity index (χ3v) is 10.8. The molecule has 1 atom stereocenters. The van der Waals surface area contributed by atoms with Crippen molar-refractivity contribution in [2.75, 3.05) is 7.11 Å². The minimum atomic E-state index is -4.11. The first-order valence-electron chi connectivity index (χ1n) is 13.6. The van der Waals surface area contributed by atoms with Crippen LogP contribution in [0.1, 0.15) is 51.2 Å². The van der Waals surface area contributed by atoms with E-state index in [0.717, 1.165) is 23.4 Å². The second-order valence-corrected chi connectivity index (χ2v) is 13.6. The van der Waals surface area contributed by atoms with Gasteiger partial charge in [-0.1, -0.05) is 85.6 Å². The Morgan fingerprint density at radius 2 is 1.73 bits per heavy atom. The molecule has 2 radical (unpaired) electrons. The number of carboxylic acid groups (broad SMARTS) is 1. The molecule has 0 saturated heterocycles. The molecule has 1 unspecified atom stereocenters. The number of para-hydroxylation sites is 1. The van der Waals surface area contributed by atoms with Gasteiger partial charge in [0.25, 0.3) is 0 Å². The molecule has 0 fully saturated rings. The lowest BCUT2D eigenvalue weighted by atomic mass is 9.95. The number of carbonyl (C=O) groups is 1. The second-order valence-electron chi connectivity index (χ2n) is 9.69. The molecule has 0 amide bonds. The smallest absolute Gasteiger partial charge is 0.351 e. The topological polar surface area (TPSA) is 110 Å². The Hall–Kier alpha value is -3.76. The van der Waals surface area contributed by atoms with Crippen LogP contribution in [0.25, 0.3) is 17.2 Å². The molecule has 0 aliphatic rings. The number of hydrogen-bond acceptors (Lipinski definition) is 6. The molecule has 228 valence electrons. The van der Waals surface area contributed by atoms with E-state index in [4.69, 9.17) is 32.4 Å². The van der Waals surface area contributed by atoms with E-state index in [2.05, 4.69) is 26.0 Å². The van der Waals surface area contributed by atoms with Crippen LogP contribution in [0.2, 0.25) is 5.02 Å². The Bertz CT molecular complexity index is 1810. The lowest BCUT2D eigenvalue weighted by Gasteiger charge is -2.16. The van der Waals surface area contributed by atoms with E-state index >= 15 is 0 Å². The van der Waals surface area contributed by atoms with Crippen LogP contribution in [0.5, 0.6) is 17.2 Å². The van der Waals surface area contributed by atoms with Crippen LogP contribution in [0.4, 0.5) is 0 Å². The first-order chi connectivity index (χ1) is 21.0. The number of ether oxygens (including phenoxy) is 1. The van der Waals surface area contributed by atoms with Crippen LogP contribution in [-0.2, 0) is 22.7 Å². The predicted octanol–water partition coefficient (Wildman–Crippen LogP) is 7.19. The maximum atomic E-state index is 13.3. The van der Waals surface area contributed by atoms with Gasteiger partial charge in [0.15, 0.2) is 20.3 Å². The predicted molar refractivity (Wildman–Crippen MR) is 176 cm³/mol. The molecule has 4 rings (SSSR count). The minimum absolute atomic E-state index is 0.0898. The van der Waals surface area contributed by atoms with Crippen molar-refractivity contribution < 1.29 is 32.6 Å². The molecule has 4 aromatic rings. The van der Waals surface area contributed by atoms with Crippen LogP contribution in [0.3, 0.4) is 0 Å². The van der Waals surface area contributed by atoms with E-state index in [1.54, 1.807) is 42.5 Å². The summed E-state index contributed by atoms with van der Waals surface area (Å²) in [6, 6.07) is 20.2. The Kier molecular flexibility index (Phi) is 10.8. The van der Waals surface area contributed by atoms with Gasteiger partial charge in [0.05, 0.1) is 12.1 Å². The summed E-state index contributed by atoms with van der Waals surface area (Å²) in [5.74, 6) is -1.01. The minimum Gasteiger partial charge on any atom is -0.536 e. The molecule has 4 aromatic carbocycles. The molecule has 44 heavy (non-hydrogen) atoms. The number of aromatic carboxylic acids is 1. The van der Waals surface area contributed by atoms with Crippen LogP contribution >= 0.6 is 23.2 Å². The number of aryl methyl sites for hydroxylation is 1. The van der Waals surface area contributed by atoms with Gasteiger partial charge < -0.3 is 19.4 Å². The number of sulfone groups is 1. The molecule has 0 aromatic heterocycles. The van der Waals surface area contributed by atoms with E-state index in [9.17, 15) is 23.4 Å². The molecule has 0 bridgehead atoms. The zero-order chi connectivity index (χ0) is 32.0. The van der Waals surface area contributed by atoms with Gasteiger partial charge in [-0.3, -0.25) is 0 Å². The molecule has 0 aliphatic carbocycles. The molecular formula is C33H30Cl2O7SSi. The van der Waals surface area contributed by atoms with Crippen molar-refractivity contribution in [2.45, 2.75) is 31.4 Å². The number of carboxylic acids is 1. The quantitative estimate of drug-likeness (QED) is 0.121. The van der Waals surface area contributed by atoms with Crippen LogP contribution in [0, 0.1) is 0 Å². The summed E-state index contributed by atoms with van der Waals surface area (Å²) in [4.78, 5) is 11.9. The van der Waals surface area contributed by atoms with E-state index in [-0.39, 0.29) is 48.5 Å². The number of phenolic OH excluding ortho intramolecular Hbond substituents is 1. The maximum Gasteiger partial charge on any atom is 0.351 e. The Morgan fingerprint density at radius 1 is 1.02 bits per heavy atom. The average Bonchev–Trinajstić information content (AvgIpc) is 3.02. The van der Waals surface area contributed by atoms with Crippen molar-refractivity contribution in [3.63, 3.8) is 0 Å². The molecule has 7 nitrogen and oxygen atoms in total. The summed E-state index contributed by atoms with van der Waals surface area (Å²) in [5, 5.41) is 22.2. The van der Waals surface area contributed by atoms with Gasteiger partial charge in [-0.2, -0.15) is 0 Å². The average molecular weight is 670 g/mol. The fraction of sp³-hybridized carbons (Fsp3) is 0.182. The molecule has 2 N–H and O–H groups in total. The summed E-state index contributed by atoms with van der Waals surface area (Å²) in [5.41, 5.74) is 3.21. The second kappa shape index (κ2) is 14.3. The molecule has 0 saturated carbocycles. The summed E-state index contributed by atoms with van der Waals surface area (Å²) in [6.07, 6.45) is 3.05. The van der Waals surface area contributed by atoms with Crippen LogP contribution in [0.15, 0.2) is 78.2 Å². The lowest BCUT2D eigenvalue weighted by molar-refractivity contribution is 0.0693. The summed E-state index contributed by atoms with van der Waals surface area (Å²) in [6.45, 7) is 4.24. The fourth-order valence-electron chi connectivity index (χ4n) is 4.81. The standard InChI is InChI=1S/C33H30Cl2O7SSi/c1-4-20-9-8-12-28(24(20)5-2)44-42-23-15-13-21(14-16-23)32(35)43(39,40)18-17-22-19-26(33(37)38)31(41-3)30(34)29(22)25-10-6-7-11-27(25)36/h6-19,32,36H,4-5H2,1-3H3,(H,37,38). The Balaban J connectivity index is 1.61. The number of methoxy groups -OCH3 is 1. The largest absolute Gasteiger partial charge is 0.536 e. The summed E-state index contributed by atoms with van der Waals surface area (Å²) < 4.78 is 36.4. The monoisotopic (exact) mass is 668 g/mol. The number of halogens is 2.